The Morgan fingerprint density at radius 3 is 2.43 bits per heavy atom. The largest absolute Gasteiger partial charge is 0.453 e. The first-order chi connectivity index (χ1) is 14.4. The summed E-state index contributed by atoms with van der Waals surface area (Å²) in [4.78, 5) is 8.50. The summed E-state index contributed by atoms with van der Waals surface area (Å²) >= 11 is 0. The third kappa shape index (κ3) is 3.33. The van der Waals surface area contributed by atoms with Crippen molar-refractivity contribution in [1.29, 1.82) is 5.26 Å². The molecule has 2 saturated heterocycles. The van der Waals surface area contributed by atoms with Gasteiger partial charge < -0.3 is 4.90 Å². The highest BCUT2D eigenvalue weighted by Crippen LogP contribution is 2.34. The van der Waals surface area contributed by atoms with Crippen LogP contribution in [0.5, 0.6) is 0 Å². The molecule has 0 amide bonds. The molecule has 0 spiro atoms. The zero-order valence-corrected chi connectivity index (χ0v) is 15.8. The molecule has 5 rings (SSSR count). The van der Waals surface area contributed by atoms with Crippen molar-refractivity contribution < 1.29 is 13.2 Å². The molecule has 8 nitrogen and oxygen atoms in total. The van der Waals surface area contributed by atoms with Crippen LogP contribution in [-0.4, -0.2) is 55.9 Å². The van der Waals surface area contributed by atoms with Gasteiger partial charge in [0.25, 0.3) is 5.82 Å². The summed E-state index contributed by atoms with van der Waals surface area (Å²) in [5.41, 5.74) is 1.54. The van der Waals surface area contributed by atoms with Gasteiger partial charge in [0.1, 0.15) is 17.6 Å². The molecule has 3 aromatic heterocycles. The van der Waals surface area contributed by atoms with E-state index < -0.39 is 12.0 Å². The minimum atomic E-state index is -4.60. The Balaban J connectivity index is 1.27. The Morgan fingerprint density at radius 2 is 1.80 bits per heavy atom. The number of nitrogens with zero attached hydrogens (tertiary/aromatic N) is 8. The number of aromatic nitrogens is 5. The smallest absolute Gasteiger partial charge is 0.355 e. The molecule has 0 aromatic carbocycles. The number of anilines is 1. The number of hydrogen-bond acceptors (Lipinski definition) is 7. The second-order valence-electron chi connectivity index (χ2n) is 7.77. The SMILES string of the molecule is N#Cc1ccc(CN2CC3CN(c4ccc5nnc(C(F)(F)F)n5n4)CC3C2)cn1. The molecule has 2 atom stereocenters. The second-order valence-corrected chi connectivity index (χ2v) is 7.77. The maximum atomic E-state index is 13.1. The Morgan fingerprint density at radius 1 is 1.03 bits per heavy atom. The van der Waals surface area contributed by atoms with E-state index in [2.05, 4.69) is 25.2 Å². The van der Waals surface area contributed by atoms with Crippen LogP contribution < -0.4 is 4.90 Å². The monoisotopic (exact) mass is 414 g/mol. The van der Waals surface area contributed by atoms with Crippen molar-refractivity contribution >= 4 is 11.5 Å². The molecular weight excluding hydrogens is 397 g/mol. The maximum Gasteiger partial charge on any atom is 0.453 e. The van der Waals surface area contributed by atoms with Crippen molar-refractivity contribution in [3.8, 4) is 6.07 Å². The summed E-state index contributed by atoms with van der Waals surface area (Å²) in [6, 6.07) is 8.87. The van der Waals surface area contributed by atoms with Crippen LogP contribution >= 0.6 is 0 Å². The van der Waals surface area contributed by atoms with E-state index in [9.17, 15) is 13.2 Å². The van der Waals surface area contributed by atoms with Crippen molar-refractivity contribution in [3.63, 3.8) is 0 Å². The van der Waals surface area contributed by atoms with Gasteiger partial charge in [-0.25, -0.2) is 4.98 Å². The van der Waals surface area contributed by atoms with Crippen LogP contribution in [-0.2, 0) is 12.7 Å². The third-order valence-corrected chi connectivity index (χ3v) is 5.73. The summed E-state index contributed by atoms with van der Waals surface area (Å²) in [6.45, 7) is 4.07. The van der Waals surface area contributed by atoms with E-state index in [1.807, 2.05) is 17.0 Å². The van der Waals surface area contributed by atoms with Gasteiger partial charge in [0.2, 0.25) is 0 Å². The topological polar surface area (TPSA) is 86.2 Å². The first-order valence-electron chi connectivity index (χ1n) is 9.53. The van der Waals surface area contributed by atoms with Crippen LogP contribution in [0.25, 0.3) is 5.65 Å². The van der Waals surface area contributed by atoms with E-state index in [1.54, 1.807) is 18.3 Å². The van der Waals surface area contributed by atoms with E-state index in [4.69, 9.17) is 5.26 Å². The Bertz CT molecular complexity index is 1100. The van der Waals surface area contributed by atoms with Crippen LogP contribution in [0.3, 0.4) is 0 Å². The molecule has 0 bridgehead atoms. The van der Waals surface area contributed by atoms with Gasteiger partial charge in [-0.1, -0.05) is 6.07 Å². The highest BCUT2D eigenvalue weighted by atomic mass is 19.4. The van der Waals surface area contributed by atoms with Crippen molar-refractivity contribution in [2.24, 2.45) is 11.8 Å². The first-order valence-corrected chi connectivity index (χ1v) is 9.53. The standard InChI is InChI=1S/C19H17F3N8/c20-19(21,22)18-26-25-16-3-4-17(27-30(16)18)29-10-13-8-28(9-14(13)11-29)7-12-1-2-15(5-23)24-6-12/h1-4,6,13-14H,7-11H2. The molecule has 30 heavy (non-hydrogen) atoms. The summed E-state index contributed by atoms with van der Waals surface area (Å²) in [7, 11) is 0. The fraction of sp³-hybridized carbons (Fsp3) is 0.421. The second kappa shape index (κ2) is 6.91. The van der Waals surface area contributed by atoms with Crippen LogP contribution in [0.15, 0.2) is 30.5 Å². The van der Waals surface area contributed by atoms with E-state index in [1.165, 1.54) is 6.07 Å². The number of pyridine rings is 1. The number of fused-ring (bicyclic) bond motifs is 2. The fourth-order valence-corrected chi connectivity index (χ4v) is 4.37. The summed E-state index contributed by atoms with van der Waals surface area (Å²) in [5.74, 6) is 0.250. The number of rotatable bonds is 3. The summed E-state index contributed by atoms with van der Waals surface area (Å²) < 4.78 is 40.1. The summed E-state index contributed by atoms with van der Waals surface area (Å²) in [6.07, 6.45) is -2.87. The highest BCUT2D eigenvalue weighted by Gasteiger charge is 2.41. The van der Waals surface area contributed by atoms with E-state index in [-0.39, 0.29) is 5.65 Å². The molecule has 2 aliphatic heterocycles. The molecule has 0 aliphatic carbocycles. The fourth-order valence-electron chi connectivity index (χ4n) is 4.37. The van der Waals surface area contributed by atoms with Crippen LogP contribution in [0, 0.1) is 23.2 Å². The molecule has 11 heteroatoms. The zero-order chi connectivity index (χ0) is 20.9. The van der Waals surface area contributed by atoms with Gasteiger partial charge in [0.05, 0.1) is 0 Å². The normalized spacial score (nSPS) is 21.9. The molecule has 154 valence electrons. The minimum Gasteiger partial charge on any atom is -0.355 e. The number of halogens is 3. The molecule has 0 radical (unpaired) electrons. The summed E-state index contributed by atoms with van der Waals surface area (Å²) in [5, 5.41) is 19.8. The van der Waals surface area contributed by atoms with Gasteiger partial charge in [-0.2, -0.15) is 22.9 Å². The lowest BCUT2D eigenvalue weighted by Crippen LogP contribution is -2.29. The van der Waals surface area contributed by atoms with Crippen molar-refractivity contribution in [2.75, 3.05) is 31.1 Å². The van der Waals surface area contributed by atoms with Gasteiger partial charge in [-0.15, -0.1) is 15.3 Å². The number of alkyl halides is 3. The average Bonchev–Trinajstić information content (AvgIpc) is 3.40. The highest BCUT2D eigenvalue weighted by molar-refractivity contribution is 5.47. The Labute approximate surface area is 169 Å². The van der Waals surface area contributed by atoms with Gasteiger partial charge in [0.15, 0.2) is 5.65 Å². The number of hydrogen-bond donors (Lipinski definition) is 0. The lowest BCUT2D eigenvalue weighted by atomic mass is 10.0. The van der Waals surface area contributed by atoms with Crippen LogP contribution in [0.4, 0.5) is 19.0 Å². The molecule has 5 heterocycles. The molecule has 2 unspecified atom stereocenters. The zero-order valence-electron chi connectivity index (χ0n) is 15.8. The van der Waals surface area contributed by atoms with E-state index in [0.717, 1.165) is 42.8 Å². The number of likely N-dealkylation sites (tertiary alicyclic amines) is 1. The Hall–Kier alpha value is -3.26. The lowest BCUT2D eigenvalue weighted by molar-refractivity contribution is -0.146. The molecule has 2 aliphatic rings. The van der Waals surface area contributed by atoms with Crippen molar-refractivity contribution in [2.45, 2.75) is 12.7 Å². The average molecular weight is 414 g/mol. The predicted molar refractivity (Wildman–Crippen MR) is 99.2 cm³/mol. The maximum absolute atomic E-state index is 13.1. The third-order valence-electron chi connectivity index (χ3n) is 5.73. The van der Waals surface area contributed by atoms with Crippen molar-refractivity contribution in [1.82, 2.24) is 29.7 Å². The first kappa shape index (κ1) is 18.7. The Kier molecular flexibility index (Phi) is 4.32. The predicted octanol–water partition coefficient (Wildman–Crippen LogP) is 1.98. The molecule has 3 aromatic rings. The van der Waals surface area contributed by atoms with Gasteiger partial charge in [-0.05, 0) is 35.6 Å². The van der Waals surface area contributed by atoms with Crippen molar-refractivity contribution in [3.05, 3.63) is 47.5 Å². The quantitative estimate of drug-likeness (QED) is 0.648. The minimum absolute atomic E-state index is 0.0765. The molecule has 2 fully saturated rings. The molecular formula is C19H17F3N8. The van der Waals surface area contributed by atoms with Gasteiger partial charge in [0, 0.05) is 38.9 Å². The van der Waals surface area contributed by atoms with Crippen LogP contribution in [0.1, 0.15) is 17.1 Å². The van der Waals surface area contributed by atoms with Gasteiger partial charge in [-0.3, -0.25) is 4.90 Å². The van der Waals surface area contributed by atoms with E-state index >= 15 is 0 Å². The van der Waals surface area contributed by atoms with Crippen LogP contribution in [0.2, 0.25) is 0 Å². The lowest BCUT2D eigenvalue weighted by Gasteiger charge is -2.22. The van der Waals surface area contributed by atoms with Gasteiger partial charge >= 0.3 is 6.18 Å². The number of nitriles is 1. The molecule has 0 N–H and O–H groups in total. The molecule has 0 saturated carbocycles. The van der Waals surface area contributed by atoms with E-state index in [0.29, 0.717) is 23.3 Å².